The molecule has 3 heteroatoms. The van der Waals surface area contributed by atoms with E-state index in [9.17, 15) is 9.90 Å². The van der Waals surface area contributed by atoms with Crippen LogP contribution in [-0.2, 0) is 11.2 Å². The molecule has 0 saturated heterocycles. The molecule has 0 bridgehead atoms. The van der Waals surface area contributed by atoms with Crippen LogP contribution in [0.1, 0.15) is 44.1 Å². The summed E-state index contributed by atoms with van der Waals surface area (Å²) in [6, 6.07) is 8.25. The van der Waals surface area contributed by atoms with Gasteiger partial charge in [-0.1, -0.05) is 37.8 Å². The second kappa shape index (κ2) is 6.04. The van der Waals surface area contributed by atoms with Gasteiger partial charge in [-0.3, -0.25) is 4.79 Å². The highest BCUT2D eigenvalue weighted by Gasteiger charge is 2.38. The van der Waals surface area contributed by atoms with Gasteiger partial charge in [-0.25, -0.2) is 0 Å². The Morgan fingerprint density at radius 1 is 1.11 bits per heavy atom. The molecule has 1 aliphatic carbocycles. The minimum atomic E-state index is -0.608. The Hall–Kier alpha value is -0.580. The maximum Gasteiger partial charge on any atom is 0.309 e. The summed E-state index contributed by atoms with van der Waals surface area (Å²) in [4.78, 5) is 11.7. The monoisotopic (exact) mass is 358 g/mol. The third-order valence-corrected chi connectivity index (χ3v) is 4.69. The number of benzene rings is 1. The standard InChI is InChI=1S/C15H19IO2/c16-13-7-5-12(6-8-13)11-15(14(17)18)9-3-1-2-4-10-15/h5-8H,1-4,9-11H2,(H,17,18). The highest BCUT2D eigenvalue weighted by atomic mass is 127. The fourth-order valence-electron chi connectivity index (χ4n) is 2.86. The van der Waals surface area contributed by atoms with Crippen LogP contribution < -0.4 is 0 Å². The van der Waals surface area contributed by atoms with E-state index in [-0.39, 0.29) is 0 Å². The number of halogens is 1. The Labute approximate surface area is 122 Å². The fraction of sp³-hybridized carbons (Fsp3) is 0.533. The molecule has 1 aliphatic rings. The van der Waals surface area contributed by atoms with Crippen molar-refractivity contribution in [1.82, 2.24) is 0 Å². The van der Waals surface area contributed by atoms with Crippen molar-refractivity contribution in [3.8, 4) is 0 Å². The van der Waals surface area contributed by atoms with Gasteiger partial charge in [0.15, 0.2) is 0 Å². The van der Waals surface area contributed by atoms with Gasteiger partial charge in [0, 0.05) is 3.57 Å². The lowest BCUT2D eigenvalue weighted by atomic mass is 9.75. The molecule has 98 valence electrons. The molecular weight excluding hydrogens is 339 g/mol. The molecule has 1 fully saturated rings. The second-order valence-corrected chi connectivity index (χ2v) is 6.55. The van der Waals surface area contributed by atoms with Crippen molar-refractivity contribution in [1.29, 1.82) is 0 Å². The zero-order valence-electron chi connectivity index (χ0n) is 10.5. The van der Waals surface area contributed by atoms with Gasteiger partial charge in [-0.2, -0.15) is 0 Å². The molecule has 0 spiro atoms. The second-order valence-electron chi connectivity index (χ2n) is 5.30. The lowest BCUT2D eigenvalue weighted by Crippen LogP contribution is -2.32. The molecule has 2 rings (SSSR count). The normalized spacial score (nSPS) is 19.2. The molecule has 1 saturated carbocycles. The number of rotatable bonds is 3. The minimum absolute atomic E-state index is 0.525. The van der Waals surface area contributed by atoms with E-state index >= 15 is 0 Å². The summed E-state index contributed by atoms with van der Waals surface area (Å²) in [5.74, 6) is -0.608. The van der Waals surface area contributed by atoms with E-state index in [0.717, 1.165) is 31.2 Å². The van der Waals surface area contributed by atoms with Crippen LogP contribution in [-0.4, -0.2) is 11.1 Å². The average Bonchev–Trinajstić information content (AvgIpc) is 2.59. The third-order valence-electron chi connectivity index (χ3n) is 3.97. The van der Waals surface area contributed by atoms with E-state index in [2.05, 4.69) is 46.9 Å². The van der Waals surface area contributed by atoms with Crippen LogP contribution in [0.4, 0.5) is 0 Å². The summed E-state index contributed by atoms with van der Waals surface area (Å²) in [5, 5.41) is 9.63. The summed E-state index contributed by atoms with van der Waals surface area (Å²) in [6.07, 6.45) is 6.80. The number of carboxylic acids is 1. The summed E-state index contributed by atoms with van der Waals surface area (Å²) >= 11 is 2.27. The van der Waals surface area contributed by atoms with Crippen LogP contribution in [0.25, 0.3) is 0 Å². The number of aliphatic carboxylic acids is 1. The maximum atomic E-state index is 11.7. The van der Waals surface area contributed by atoms with Crippen molar-refractivity contribution in [3.63, 3.8) is 0 Å². The SMILES string of the molecule is O=C(O)C1(Cc2ccc(I)cc2)CCCCCC1. The molecule has 0 heterocycles. The highest BCUT2D eigenvalue weighted by Crippen LogP contribution is 2.38. The first-order valence-electron chi connectivity index (χ1n) is 6.60. The number of carbonyl (C=O) groups is 1. The first-order chi connectivity index (χ1) is 8.62. The number of hydrogen-bond acceptors (Lipinski definition) is 1. The topological polar surface area (TPSA) is 37.3 Å². The molecule has 18 heavy (non-hydrogen) atoms. The van der Waals surface area contributed by atoms with Crippen LogP contribution in [0.2, 0.25) is 0 Å². The number of hydrogen-bond donors (Lipinski definition) is 1. The predicted octanol–water partition coefficient (Wildman–Crippen LogP) is 4.26. The minimum Gasteiger partial charge on any atom is -0.481 e. The fourth-order valence-corrected chi connectivity index (χ4v) is 3.22. The first-order valence-corrected chi connectivity index (χ1v) is 7.68. The molecule has 2 nitrogen and oxygen atoms in total. The summed E-state index contributed by atoms with van der Waals surface area (Å²) < 4.78 is 1.20. The molecule has 0 atom stereocenters. The summed E-state index contributed by atoms with van der Waals surface area (Å²) in [7, 11) is 0. The molecule has 0 aliphatic heterocycles. The molecule has 0 aromatic heterocycles. The van der Waals surface area contributed by atoms with Crippen LogP contribution in [0.5, 0.6) is 0 Å². The van der Waals surface area contributed by atoms with Crippen molar-refractivity contribution in [3.05, 3.63) is 33.4 Å². The molecule has 1 aromatic rings. The molecule has 0 unspecified atom stereocenters. The van der Waals surface area contributed by atoms with Crippen molar-refractivity contribution in [2.75, 3.05) is 0 Å². The van der Waals surface area contributed by atoms with E-state index in [1.807, 2.05) is 0 Å². The molecular formula is C15H19IO2. The maximum absolute atomic E-state index is 11.7. The van der Waals surface area contributed by atoms with E-state index < -0.39 is 11.4 Å². The van der Waals surface area contributed by atoms with Crippen molar-refractivity contribution in [2.24, 2.45) is 5.41 Å². The van der Waals surface area contributed by atoms with Crippen molar-refractivity contribution in [2.45, 2.75) is 44.9 Å². The zero-order chi connectivity index (χ0) is 13.0. The smallest absolute Gasteiger partial charge is 0.309 e. The van der Waals surface area contributed by atoms with Gasteiger partial charge < -0.3 is 5.11 Å². The Morgan fingerprint density at radius 3 is 2.17 bits per heavy atom. The average molecular weight is 358 g/mol. The van der Waals surface area contributed by atoms with Gasteiger partial charge in [0.2, 0.25) is 0 Å². The van der Waals surface area contributed by atoms with Crippen LogP contribution >= 0.6 is 22.6 Å². The van der Waals surface area contributed by atoms with Gasteiger partial charge in [0.25, 0.3) is 0 Å². The summed E-state index contributed by atoms with van der Waals surface area (Å²) in [6.45, 7) is 0. The highest BCUT2D eigenvalue weighted by molar-refractivity contribution is 14.1. The van der Waals surface area contributed by atoms with Crippen molar-refractivity contribution < 1.29 is 9.90 Å². The molecule has 1 aromatic carbocycles. The molecule has 1 N–H and O–H groups in total. The lowest BCUT2D eigenvalue weighted by Gasteiger charge is -2.28. The summed E-state index contributed by atoms with van der Waals surface area (Å²) in [5.41, 5.74) is 0.628. The predicted molar refractivity (Wildman–Crippen MR) is 80.6 cm³/mol. The lowest BCUT2D eigenvalue weighted by molar-refractivity contribution is -0.149. The van der Waals surface area contributed by atoms with Crippen LogP contribution in [0.3, 0.4) is 0 Å². The van der Waals surface area contributed by atoms with Crippen LogP contribution in [0, 0.1) is 8.99 Å². The Kier molecular flexibility index (Phi) is 4.65. The quantitative estimate of drug-likeness (QED) is 0.648. The Morgan fingerprint density at radius 2 is 1.67 bits per heavy atom. The molecule has 0 amide bonds. The van der Waals surface area contributed by atoms with Gasteiger partial charge in [0.1, 0.15) is 0 Å². The van der Waals surface area contributed by atoms with Gasteiger partial charge in [-0.05, 0) is 59.5 Å². The zero-order valence-corrected chi connectivity index (χ0v) is 12.7. The van der Waals surface area contributed by atoms with Gasteiger partial charge in [-0.15, -0.1) is 0 Å². The van der Waals surface area contributed by atoms with E-state index in [1.165, 1.54) is 16.4 Å². The van der Waals surface area contributed by atoms with Gasteiger partial charge >= 0.3 is 5.97 Å². The van der Waals surface area contributed by atoms with E-state index in [0.29, 0.717) is 6.42 Å². The molecule has 0 radical (unpaired) electrons. The first kappa shape index (κ1) is 13.8. The van der Waals surface area contributed by atoms with E-state index in [1.54, 1.807) is 0 Å². The van der Waals surface area contributed by atoms with Crippen LogP contribution in [0.15, 0.2) is 24.3 Å². The van der Waals surface area contributed by atoms with Crippen molar-refractivity contribution >= 4 is 28.6 Å². The Balaban J connectivity index is 2.19. The van der Waals surface area contributed by atoms with Gasteiger partial charge in [0.05, 0.1) is 5.41 Å². The largest absolute Gasteiger partial charge is 0.481 e. The third kappa shape index (κ3) is 3.25. The Bertz CT molecular complexity index is 403. The van der Waals surface area contributed by atoms with E-state index in [4.69, 9.17) is 0 Å². The number of carboxylic acid groups (broad SMARTS) is 1.